The molecule has 2 aliphatic carbocycles. The fourth-order valence-corrected chi connectivity index (χ4v) is 2.89. The molecule has 19 heavy (non-hydrogen) atoms. The van der Waals surface area contributed by atoms with Gasteiger partial charge in [-0.2, -0.15) is 0 Å². The zero-order valence-electron chi connectivity index (χ0n) is 11.1. The molecule has 2 aliphatic rings. The van der Waals surface area contributed by atoms with E-state index in [1.54, 1.807) is 0 Å². The first-order valence-corrected chi connectivity index (χ1v) is 7.33. The Hall–Kier alpha value is -1.54. The van der Waals surface area contributed by atoms with Crippen LogP contribution in [0.4, 0.5) is 0 Å². The van der Waals surface area contributed by atoms with Gasteiger partial charge in [0.1, 0.15) is 11.5 Å². The van der Waals surface area contributed by atoms with Crippen molar-refractivity contribution in [2.24, 2.45) is 0 Å². The minimum absolute atomic E-state index is 0.730. The predicted octanol–water partition coefficient (Wildman–Crippen LogP) is 3.69. The lowest BCUT2D eigenvalue weighted by Gasteiger charge is -2.03. The van der Waals surface area contributed by atoms with Crippen LogP contribution in [0.25, 0.3) is 11.3 Å². The Morgan fingerprint density at radius 3 is 2.84 bits per heavy atom. The largest absolute Gasteiger partial charge is 0.460 e. The molecule has 0 atom stereocenters. The number of rotatable bonds is 4. The first-order chi connectivity index (χ1) is 9.38. The van der Waals surface area contributed by atoms with Crippen LogP contribution >= 0.6 is 0 Å². The molecule has 0 spiro atoms. The lowest BCUT2D eigenvalue weighted by molar-refractivity contribution is 0.492. The summed E-state index contributed by atoms with van der Waals surface area (Å²) in [5.74, 6) is 2.05. The van der Waals surface area contributed by atoms with Gasteiger partial charge < -0.3 is 9.73 Å². The van der Waals surface area contributed by atoms with Gasteiger partial charge in [-0.25, -0.2) is 0 Å². The highest BCUT2D eigenvalue weighted by molar-refractivity contribution is 5.60. The van der Waals surface area contributed by atoms with Crippen molar-refractivity contribution in [3.8, 4) is 11.3 Å². The van der Waals surface area contributed by atoms with E-state index in [0.717, 1.165) is 24.1 Å². The number of furan rings is 1. The third kappa shape index (κ3) is 2.33. The lowest BCUT2D eigenvalue weighted by Crippen LogP contribution is -2.14. The number of fused-ring (bicyclic) bond motifs is 1. The average Bonchev–Trinajstić information content (AvgIpc) is 2.96. The van der Waals surface area contributed by atoms with Crippen molar-refractivity contribution in [1.82, 2.24) is 5.32 Å². The Labute approximate surface area is 113 Å². The molecule has 0 amide bonds. The molecule has 1 fully saturated rings. The van der Waals surface area contributed by atoms with E-state index in [9.17, 15) is 0 Å². The molecule has 2 aromatic rings. The molecule has 1 N–H and O–H groups in total. The minimum atomic E-state index is 0.730. The monoisotopic (exact) mass is 253 g/mol. The molecule has 1 aromatic heterocycles. The van der Waals surface area contributed by atoms with Gasteiger partial charge in [-0.05, 0) is 61.4 Å². The number of nitrogens with one attached hydrogen (secondary N) is 1. The highest BCUT2D eigenvalue weighted by atomic mass is 16.3. The molecule has 2 nitrogen and oxygen atoms in total. The summed E-state index contributed by atoms with van der Waals surface area (Å²) in [5.41, 5.74) is 4.25. The highest BCUT2D eigenvalue weighted by Crippen LogP contribution is 2.29. The molecular weight excluding hydrogens is 234 g/mol. The Morgan fingerprint density at radius 2 is 1.95 bits per heavy atom. The standard InChI is InChI=1S/C17H19NO/c1-2-12-4-5-14(10-13(12)3-1)17-9-8-16(19-17)11-18-15-6-7-15/h4-5,8-10,15,18H,1-3,6-7,11H2. The molecule has 1 aromatic carbocycles. The van der Waals surface area contributed by atoms with Crippen molar-refractivity contribution in [3.05, 3.63) is 47.2 Å². The third-order valence-electron chi connectivity index (χ3n) is 4.19. The van der Waals surface area contributed by atoms with E-state index in [2.05, 4.69) is 35.6 Å². The van der Waals surface area contributed by atoms with Gasteiger partial charge in [0.2, 0.25) is 0 Å². The molecule has 0 unspecified atom stereocenters. The van der Waals surface area contributed by atoms with Crippen LogP contribution in [0.5, 0.6) is 0 Å². The van der Waals surface area contributed by atoms with E-state index in [4.69, 9.17) is 4.42 Å². The summed E-state index contributed by atoms with van der Waals surface area (Å²) in [6, 6.07) is 11.7. The summed E-state index contributed by atoms with van der Waals surface area (Å²) >= 11 is 0. The number of hydrogen-bond donors (Lipinski definition) is 1. The third-order valence-corrected chi connectivity index (χ3v) is 4.19. The fourth-order valence-electron chi connectivity index (χ4n) is 2.89. The number of aryl methyl sites for hydroxylation is 2. The quantitative estimate of drug-likeness (QED) is 0.899. The second-order valence-corrected chi connectivity index (χ2v) is 5.76. The Balaban J connectivity index is 1.54. The van der Waals surface area contributed by atoms with Crippen LogP contribution in [0.15, 0.2) is 34.7 Å². The predicted molar refractivity (Wildman–Crippen MR) is 76.0 cm³/mol. The van der Waals surface area contributed by atoms with Crippen LogP contribution in [0.2, 0.25) is 0 Å². The fraction of sp³-hybridized carbons (Fsp3) is 0.412. The van der Waals surface area contributed by atoms with Crippen molar-refractivity contribution in [2.75, 3.05) is 0 Å². The SMILES string of the molecule is c1cc2c(cc1-c1ccc(CNC3CC3)o1)CCC2. The van der Waals surface area contributed by atoms with E-state index in [1.807, 2.05) is 0 Å². The molecule has 0 radical (unpaired) electrons. The van der Waals surface area contributed by atoms with Gasteiger partial charge in [-0.1, -0.05) is 12.1 Å². The van der Waals surface area contributed by atoms with Crippen LogP contribution < -0.4 is 5.32 Å². The zero-order valence-corrected chi connectivity index (χ0v) is 11.1. The minimum Gasteiger partial charge on any atom is -0.460 e. The molecule has 4 rings (SSSR count). The maximum Gasteiger partial charge on any atom is 0.134 e. The normalized spacial score (nSPS) is 17.7. The van der Waals surface area contributed by atoms with Crippen molar-refractivity contribution >= 4 is 0 Å². The Bertz CT molecular complexity index is 595. The van der Waals surface area contributed by atoms with Crippen molar-refractivity contribution in [2.45, 2.75) is 44.7 Å². The summed E-state index contributed by atoms with van der Waals surface area (Å²) in [6.07, 6.45) is 6.40. The highest BCUT2D eigenvalue weighted by Gasteiger charge is 2.20. The van der Waals surface area contributed by atoms with Crippen molar-refractivity contribution in [3.63, 3.8) is 0 Å². The Morgan fingerprint density at radius 1 is 1.05 bits per heavy atom. The first kappa shape index (κ1) is 11.3. The summed E-state index contributed by atoms with van der Waals surface area (Å²) in [6.45, 7) is 0.857. The van der Waals surface area contributed by atoms with Crippen LogP contribution in [0.1, 0.15) is 36.1 Å². The average molecular weight is 253 g/mol. The number of benzene rings is 1. The van der Waals surface area contributed by atoms with Crippen LogP contribution in [0.3, 0.4) is 0 Å². The van der Waals surface area contributed by atoms with E-state index in [-0.39, 0.29) is 0 Å². The summed E-state index contributed by atoms with van der Waals surface area (Å²) in [5, 5.41) is 3.49. The second kappa shape index (κ2) is 4.53. The molecule has 0 aliphatic heterocycles. The summed E-state index contributed by atoms with van der Waals surface area (Å²) in [7, 11) is 0. The van der Waals surface area contributed by atoms with E-state index < -0.39 is 0 Å². The van der Waals surface area contributed by atoms with Gasteiger partial charge in [-0.15, -0.1) is 0 Å². The Kier molecular flexibility index (Phi) is 2.70. The van der Waals surface area contributed by atoms with Crippen LogP contribution in [0, 0.1) is 0 Å². The molecule has 1 saturated carbocycles. The molecule has 2 heteroatoms. The van der Waals surface area contributed by atoms with Gasteiger partial charge in [0.05, 0.1) is 6.54 Å². The lowest BCUT2D eigenvalue weighted by atomic mass is 10.1. The summed E-state index contributed by atoms with van der Waals surface area (Å²) < 4.78 is 5.95. The van der Waals surface area contributed by atoms with Gasteiger partial charge in [0, 0.05) is 11.6 Å². The molecule has 0 bridgehead atoms. The second-order valence-electron chi connectivity index (χ2n) is 5.76. The topological polar surface area (TPSA) is 25.2 Å². The molecule has 0 saturated heterocycles. The van der Waals surface area contributed by atoms with Crippen LogP contribution in [-0.4, -0.2) is 6.04 Å². The molecule has 98 valence electrons. The van der Waals surface area contributed by atoms with E-state index in [0.29, 0.717) is 0 Å². The maximum atomic E-state index is 5.95. The first-order valence-electron chi connectivity index (χ1n) is 7.33. The maximum absolute atomic E-state index is 5.95. The zero-order chi connectivity index (χ0) is 12.7. The number of hydrogen-bond acceptors (Lipinski definition) is 2. The van der Waals surface area contributed by atoms with Crippen LogP contribution in [-0.2, 0) is 19.4 Å². The van der Waals surface area contributed by atoms with E-state index >= 15 is 0 Å². The summed E-state index contributed by atoms with van der Waals surface area (Å²) in [4.78, 5) is 0. The van der Waals surface area contributed by atoms with Gasteiger partial charge in [-0.3, -0.25) is 0 Å². The smallest absolute Gasteiger partial charge is 0.134 e. The van der Waals surface area contributed by atoms with Gasteiger partial charge >= 0.3 is 0 Å². The van der Waals surface area contributed by atoms with Crippen molar-refractivity contribution in [1.29, 1.82) is 0 Å². The molecular formula is C17H19NO. The van der Waals surface area contributed by atoms with Gasteiger partial charge in [0.15, 0.2) is 0 Å². The van der Waals surface area contributed by atoms with Gasteiger partial charge in [0.25, 0.3) is 0 Å². The molecule has 1 heterocycles. The van der Waals surface area contributed by atoms with Crippen molar-refractivity contribution < 1.29 is 4.42 Å². The van der Waals surface area contributed by atoms with E-state index in [1.165, 1.54) is 48.8 Å².